The van der Waals surface area contributed by atoms with Crippen molar-refractivity contribution in [3.05, 3.63) is 52.9 Å². The van der Waals surface area contributed by atoms with Crippen LogP contribution in [0, 0.1) is 0 Å². The summed E-state index contributed by atoms with van der Waals surface area (Å²) in [5.41, 5.74) is 2.27. The second-order valence-corrected chi connectivity index (χ2v) is 13.3. The van der Waals surface area contributed by atoms with Gasteiger partial charge in [0.05, 0.1) is 16.9 Å². The van der Waals surface area contributed by atoms with Crippen LogP contribution in [-0.2, 0) is 21.4 Å². The van der Waals surface area contributed by atoms with Gasteiger partial charge in [-0.3, -0.25) is 14.0 Å². The number of nitrogens with zero attached hydrogens (tertiary/aromatic N) is 4. The average Bonchev–Trinajstić information content (AvgIpc) is 3.60. The topological polar surface area (TPSA) is 89.6 Å². The number of aromatic amines is 1. The summed E-state index contributed by atoms with van der Waals surface area (Å²) in [6, 6.07) is 10.9. The molecule has 0 atom stereocenters. The van der Waals surface area contributed by atoms with Crippen molar-refractivity contribution in [3.63, 3.8) is 0 Å². The molecule has 0 unspecified atom stereocenters. The van der Waals surface area contributed by atoms with Gasteiger partial charge >= 0.3 is 0 Å². The number of sulfonamides is 1. The number of anilines is 1. The Bertz CT molecular complexity index is 1470. The molecule has 11 heteroatoms. The molecule has 1 N–H and O–H groups in total. The summed E-state index contributed by atoms with van der Waals surface area (Å²) in [7, 11) is -3.69. The Kier molecular flexibility index (Phi) is 6.90. The molecule has 4 aromatic rings. The van der Waals surface area contributed by atoms with E-state index in [9.17, 15) is 13.2 Å². The normalized spacial score (nSPS) is 15.2. The van der Waals surface area contributed by atoms with Gasteiger partial charge in [-0.2, -0.15) is 0 Å². The lowest BCUT2D eigenvalue weighted by Gasteiger charge is -2.33. The van der Waals surface area contributed by atoms with Crippen molar-refractivity contribution in [2.24, 2.45) is 0 Å². The number of carbonyl (C=O) groups is 1. The molecule has 1 fully saturated rings. The van der Waals surface area contributed by atoms with Crippen molar-refractivity contribution in [3.8, 4) is 10.7 Å². The van der Waals surface area contributed by atoms with Gasteiger partial charge in [-0.05, 0) is 37.4 Å². The Morgan fingerprint density at radius 3 is 2.61 bits per heavy atom. The number of nitrogens with one attached hydrogen (secondary N) is 1. The van der Waals surface area contributed by atoms with Crippen molar-refractivity contribution in [2.45, 2.75) is 37.6 Å². The summed E-state index contributed by atoms with van der Waals surface area (Å²) in [4.78, 5) is 25.1. The number of carbonyl (C=O) groups excluding carboxylic acids is 1. The number of piperazine rings is 1. The highest BCUT2D eigenvalue weighted by Crippen LogP contribution is 2.36. The van der Waals surface area contributed by atoms with E-state index in [1.54, 1.807) is 35.8 Å². The van der Waals surface area contributed by atoms with Crippen molar-refractivity contribution in [1.82, 2.24) is 19.8 Å². The fraction of sp³-hybridized carbons (Fsp3) is 0.360. The highest BCUT2D eigenvalue weighted by molar-refractivity contribution is 7.94. The minimum atomic E-state index is -3.69. The first-order chi connectivity index (χ1) is 17.2. The van der Waals surface area contributed by atoms with E-state index in [0.29, 0.717) is 9.90 Å². The number of rotatable bonds is 7. The number of aromatic nitrogens is 2. The molecule has 0 aliphatic carbocycles. The van der Waals surface area contributed by atoms with Gasteiger partial charge in [0.15, 0.2) is 0 Å². The molecule has 1 amide bonds. The van der Waals surface area contributed by atoms with Gasteiger partial charge in [0.2, 0.25) is 5.91 Å². The van der Waals surface area contributed by atoms with Crippen LogP contribution in [0.25, 0.3) is 21.6 Å². The molecule has 8 nitrogen and oxygen atoms in total. The van der Waals surface area contributed by atoms with E-state index in [2.05, 4.69) is 14.9 Å². The minimum absolute atomic E-state index is 0.132. The summed E-state index contributed by atoms with van der Waals surface area (Å²) in [6.45, 7) is 9.41. The monoisotopic (exact) mass is 543 g/mol. The summed E-state index contributed by atoms with van der Waals surface area (Å²) in [5, 5.41) is 3.58. The van der Waals surface area contributed by atoms with Crippen LogP contribution in [-0.4, -0.2) is 66.3 Å². The maximum atomic E-state index is 13.5. The maximum absolute atomic E-state index is 13.5. The molecule has 1 aromatic carbocycles. The second kappa shape index (κ2) is 9.97. The zero-order valence-electron chi connectivity index (χ0n) is 20.5. The lowest BCUT2D eigenvalue weighted by atomic mass is 10.2. The standard InChI is InChI=1S/C25H29N5O3S3/c1-17(2)30(36(32,33)23-8-5-13-34-23)22-7-4-6-19-14-21(27-24(19)22)25-26-15-20(35-25)16-28-9-11-29(12-10-28)18(3)31/h4-8,13-15,17,27H,9-12,16H2,1-3H3. The number of thiazole rings is 1. The summed E-state index contributed by atoms with van der Waals surface area (Å²) in [5.74, 6) is 0.132. The Balaban J connectivity index is 1.41. The third kappa shape index (κ3) is 4.80. The van der Waals surface area contributed by atoms with Crippen LogP contribution in [0.2, 0.25) is 0 Å². The number of para-hydroxylation sites is 1. The van der Waals surface area contributed by atoms with Gasteiger partial charge < -0.3 is 9.88 Å². The average molecular weight is 544 g/mol. The third-order valence-electron chi connectivity index (χ3n) is 6.33. The third-order valence-corrected chi connectivity index (χ3v) is 10.7. The zero-order valence-corrected chi connectivity index (χ0v) is 22.9. The molecule has 0 radical (unpaired) electrons. The van der Waals surface area contributed by atoms with Crippen molar-refractivity contribution in [2.75, 3.05) is 30.5 Å². The van der Waals surface area contributed by atoms with Crippen LogP contribution in [0.5, 0.6) is 0 Å². The lowest BCUT2D eigenvalue weighted by molar-refractivity contribution is -0.130. The van der Waals surface area contributed by atoms with E-state index in [-0.39, 0.29) is 11.9 Å². The molecule has 1 saturated heterocycles. The molecule has 0 bridgehead atoms. The second-order valence-electron chi connectivity index (χ2n) is 9.17. The number of hydrogen-bond donors (Lipinski definition) is 1. The van der Waals surface area contributed by atoms with Gasteiger partial charge in [0, 0.05) is 62.1 Å². The summed E-state index contributed by atoms with van der Waals surface area (Å²) in [6.07, 6.45) is 1.91. The van der Waals surface area contributed by atoms with Crippen LogP contribution in [0.3, 0.4) is 0 Å². The van der Waals surface area contributed by atoms with Crippen molar-refractivity contribution >= 4 is 55.2 Å². The number of fused-ring (bicyclic) bond motifs is 1. The molecular weight excluding hydrogens is 515 g/mol. The number of benzene rings is 1. The van der Waals surface area contributed by atoms with Gasteiger partial charge in [0.1, 0.15) is 9.22 Å². The van der Waals surface area contributed by atoms with Crippen molar-refractivity contribution < 1.29 is 13.2 Å². The summed E-state index contributed by atoms with van der Waals surface area (Å²) < 4.78 is 28.8. The number of amides is 1. The predicted molar refractivity (Wildman–Crippen MR) is 146 cm³/mol. The van der Waals surface area contributed by atoms with Gasteiger partial charge in [0.25, 0.3) is 10.0 Å². The number of hydrogen-bond acceptors (Lipinski definition) is 7. The molecule has 0 saturated carbocycles. The Morgan fingerprint density at radius 1 is 1.17 bits per heavy atom. The first-order valence-electron chi connectivity index (χ1n) is 11.9. The molecule has 36 heavy (non-hydrogen) atoms. The van der Waals surface area contributed by atoms with Gasteiger partial charge in [-0.1, -0.05) is 18.2 Å². The molecule has 0 spiro atoms. The van der Waals surface area contributed by atoms with Crippen molar-refractivity contribution in [1.29, 1.82) is 0 Å². The predicted octanol–water partition coefficient (Wildman–Crippen LogP) is 4.62. The van der Waals surface area contributed by atoms with E-state index in [1.807, 2.05) is 49.2 Å². The van der Waals surface area contributed by atoms with Crippen LogP contribution < -0.4 is 4.31 Å². The smallest absolute Gasteiger partial charge is 0.274 e. The number of H-pyrrole nitrogens is 1. The molecule has 3 aromatic heterocycles. The lowest BCUT2D eigenvalue weighted by Crippen LogP contribution is -2.47. The molecule has 4 heterocycles. The van der Waals surface area contributed by atoms with E-state index < -0.39 is 10.0 Å². The molecule has 1 aliphatic heterocycles. The fourth-order valence-corrected chi connectivity index (χ4v) is 8.26. The minimum Gasteiger partial charge on any atom is -0.351 e. The quantitative estimate of drug-likeness (QED) is 0.367. The van der Waals surface area contributed by atoms with E-state index in [1.165, 1.54) is 15.6 Å². The molecular formula is C25H29N5O3S3. The SMILES string of the molecule is CC(=O)N1CCN(Cc2cnc(-c3cc4cccc(N(C(C)C)S(=O)(=O)c5cccs5)c4[nH]3)s2)CC1. The van der Waals surface area contributed by atoms with Crippen LogP contribution in [0.15, 0.2) is 52.2 Å². The Labute approximate surface area is 219 Å². The fourth-order valence-electron chi connectivity index (χ4n) is 4.58. The molecule has 190 valence electrons. The Morgan fingerprint density at radius 2 is 1.94 bits per heavy atom. The summed E-state index contributed by atoms with van der Waals surface area (Å²) >= 11 is 2.86. The Hall–Kier alpha value is -2.73. The molecule has 5 rings (SSSR count). The van der Waals surface area contributed by atoms with E-state index >= 15 is 0 Å². The van der Waals surface area contributed by atoms with Crippen LogP contribution >= 0.6 is 22.7 Å². The van der Waals surface area contributed by atoms with Gasteiger partial charge in [-0.15, -0.1) is 22.7 Å². The highest BCUT2D eigenvalue weighted by atomic mass is 32.2. The zero-order chi connectivity index (χ0) is 25.4. The first-order valence-corrected chi connectivity index (χ1v) is 15.0. The first kappa shape index (κ1) is 24.9. The van der Waals surface area contributed by atoms with Gasteiger partial charge in [-0.25, -0.2) is 13.4 Å². The number of thiophene rings is 1. The van der Waals surface area contributed by atoms with E-state index in [0.717, 1.165) is 59.2 Å². The van der Waals surface area contributed by atoms with Crippen LogP contribution in [0.4, 0.5) is 5.69 Å². The maximum Gasteiger partial charge on any atom is 0.274 e. The van der Waals surface area contributed by atoms with E-state index in [4.69, 9.17) is 0 Å². The molecule has 1 aliphatic rings. The highest BCUT2D eigenvalue weighted by Gasteiger charge is 2.30. The largest absolute Gasteiger partial charge is 0.351 e. The van der Waals surface area contributed by atoms with Crippen LogP contribution in [0.1, 0.15) is 25.6 Å².